The maximum absolute atomic E-state index is 6.21. The number of hydrogen-bond donors (Lipinski definition) is 1. The van der Waals surface area contributed by atoms with Crippen molar-refractivity contribution in [1.29, 1.82) is 0 Å². The molecule has 2 nitrogen and oxygen atoms in total. The number of likely N-dealkylation sites (N-methyl/N-ethyl adjacent to an activating group) is 1. The molecule has 1 saturated carbocycles. The molecule has 1 unspecified atom stereocenters. The first-order valence-corrected chi connectivity index (χ1v) is 7.26. The van der Waals surface area contributed by atoms with E-state index in [1.54, 1.807) is 0 Å². The molecule has 0 amide bonds. The van der Waals surface area contributed by atoms with Crippen molar-refractivity contribution in [3.63, 3.8) is 0 Å². The van der Waals surface area contributed by atoms with E-state index in [2.05, 4.69) is 36.2 Å². The van der Waals surface area contributed by atoms with Gasteiger partial charge in [-0.05, 0) is 56.2 Å². The van der Waals surface area contributed by atoms with Gasteiger partial charge in [-0.15, -0.1) is 0 Å². The van der Waals surface area contributed by atoms with Crippen LogP contribution >= 0.6 is 0 Å². The lowest BCUT2D eigenvalue weighted by Crippen LogP contribution is -2.52. The van der Waals surface area contributed by atoms with Crippen molar-refractivity contribution in [2.24, 2.45) is 11.7 Å². The third kappa shape index (κ3) is 1.98. The normalized spacial score (nSPS) is 27.3. The summed E-state index contributed by atoms with van der Waals surface area (Å²) < 4.78 is 0. The summed E-state index contributed by atoms with van der Waals surface area (Å²) in [5.41, 5.74) is 9.30. The molecule has 2 heteroatoms. The smallest absolute Gasteiger partial charge is 0.0584 e. The number of benzene rings is 1. The van der Waals surface area contributed by atoms with E-state index < -0.39 is 0 Å². The Hall–Kier alpha value is -0.860. The zero-order valence-electron chi connectivity index (χ0n) is 11.4. The molecule has 0 heterocycles. The summed E-state index contributed by atoms with van der Waals surface area (Å²) in [6, 6.07) is 8.90. The minimum Gasteiger partial charge on any atom is -0.328 e. The highest BCUT2D eigenvalue weighted by Crippen LogP contribution is 2.41. The molecule has 0 aliphatic heterocycles. The molecule has 98 valence electrons. The fourth-order valence-electron chi connectivity index (χ4n) is 3.53. The molecule has 3 rings (SSSR count). The molecular formula is C16H24N2. The van der Waals surface area contributed by atoms with Gasteiger partial charge in [0, 0.05) is 13.1 Å². The van der Waals surface area contributed by atoms with Gasteiger partial charge in [0.25, 0.3) is 0 Å². The molecule has 2 aliphatic rings. The van der Waals surface area contributed by atoms with Crippen LogP contribution in [0.5, 0.6) is 0 Å². The lowest BCUT2D eigenvalue weighted by molar-refractivity contribution is 0.0984. The van der Waals surface area contributed by atoms with Crippen LogP contribution in [0.25, 0.3) is 0 Å². The molecule has 18 heavy (non-hydrogen) atoms. The van der Waals surface area contributed by atoms with Gasteiger partial charge in [-0.3, -0.25) is 4.90 Å². The lowest BCUT2D eigenvalue weighted by atomic mass is 9.75. The van der Waals surface area contributed by atoms with Crippen LogP contribution in [0.1, 0.15) is 36.8 Å². The maximum Gasteiger partial charge on any atom is 0.0584 e. The Balaban J connectivity index is 1.95. The minimum absolute atomic E-state index is 0.0947. The van der Waals surface area contributed by atoms with Gasteiger partial charge < -0.3 is 5.73 Å². The molecule has 0 aromatic heterocycles. The summed E-state index contributed by atoms with van der Waals surface area (Å²) in [5, 5.41) is 0. The first kappa shape index (κ1) is 12.2. The zero-order chi connectivity index (χ0) is 12.6. The molecule has 0 bridgehead atoms. The molecule has 1 aromatic carbocycles. The molecule has 0 spiro atoms. The SMILES string of the molecule is CN(CC1CC1)C1(CN)CCCc2ccccc21. The first-order chi connectivity index (χ1) is 8.76. The lowest BCUT2D eigenvalue weighted by Gasteiger charge is -2.45. The van der Waals surface area contributed by atoms with Crippen molar-refractivity contribution in [2.75, 3.05) is 20.1 Å². The number of nitrogens with zero attached hydrogens (tertiary/aromatic N) is 1. The summed E-state index contributed by atoms with van der Waals surface area (Å²) in [5.74, 6) is 0.924. The van der Waals surface area contributed by atoms with Crippen molar-refractivity contribution < 1.29 is 0 Å². The van der Waals surface area contributed by atoms with Crippen LogP contribution in [0.15, 0.2) is 24.3 Å². The highest BCUT2D eigenvalue weighted by atomic mass is 15.2. The Bertz CT molecular complexity index is 425. The summed E-state index contributed by atoms with van der Waals surface area (Å²) in [4.78, 5) is 2.54. The monoisotopic (exact) mass is 244 g/mol. The summed E-state index contributed by atoms with van der Waals surface area (Å²) in [7, 11) is 2.27. The Labute approximate surface area is 110 Å². The van der Waals surface area contributed by atoms with E-state index in [1.165, 1.54) is 49.8 Å². The Morgan fingerprint density at radius 1 is 1.33 bits per heavy atom. The molecule has 1 fully saturated rings. The largest absolute Gasteiger partial charge is 0.328 e. The van der Waals surface area contributed by atoms with Gasteiger partial charge in [0.05, 0.1) is 5.54 Å². The Morgan fingerprint density at radius 2 is 2.11 bits per heavy atom. The van der Waals surface area contributed by atoms with E-state index in [9.17, 15) is 0 Å². The van der Waals surface area contributed by atoms with Crippen LogP contribution in [-0.4, -0.2) is 25.0 Å². The van der Waals surface area contributed by atoms with E-state index in [4.69, 9.17) is 5.73 Å². The number of hydrogen-bond acceptors (Lipinski definition) is 2. The Kier molecular flexibility index (Phi) is 3.16. The summed E-state index contributed by atoms with van der Waals surface area (Å²) >= 11 is 0. The van der Waals surface area contributed by atoms with Gasteiger partial charge in [0.2, 0.25) is 0 Å². The second-order valence-electron chi connectivity index (χ2n) is 6.07. The van der Waals surface area contributed by atoms with Crippen LogP contribution in [-0.2, 0) is 12.0 Å². The van der Waals surface area contributed by atoms with E-state index in [0.717, 1.165) is 12.5 Å². The number of aryl methyl sites for hydroxylation is 1. The minimum atomic E-state index is 0.0947. The van der Waals surface area contributed by atoms with Crippen molar-refractivity contribution >= 4 is 0 Å². The van der Waals surface area contributed by atoms with Gasteiger partial charge in [-0.1, -0.05) is 24.3 Å². The van der Waals surface area contributed by atoms with Crippen LogP contribution in [0.2, 0.25) is 0 Å². The van der Waals surface area contributed by atoms with Crippen molar-refractivity contribution in [3.8, 4) is 0 Å². The average molecular weight is 244 g/mol. The second kappa shape index (κ2) is 4.67. The molecule has 0 radical (unpaired) electrons. The molecule has 1 aromatic rings. The van der Waals surface area contributed by atoms with E-state index in [1.807, 2.05) is 0 Å². The number of nitrogens with two attached hydrogens (primary N) is 1. The topological polar surface area (TPSA) is 29.3 Å². The van der Waals surface area contributed by atoms with E-state index in [0.29, 0.717) is 0 Å². The van der Waals surface area contributed by atoms with Gasteiger partial charge in [-0.25, -0.2) is 0 Å². The summed E-state index contributed by atoms with van der Waals surface area (Å²) in [6.07, 6.45) is 6.52. The number of rotatable bonds is 4. The standard InChI is InChI=1S/C16H24N2/c1-18(11-13-8-9-13)16(12-17)10-4-6-14-5-2-3-7-15(14)16/h2-3,5,7,13H,4,6,8-12,17H2,1H3. The van der Waals surface area contributed by atoms with E-state index in [-0.39, 0.29) is 5.54 Å². The van der Waals surface area contributed by atoms with Gasteiger partial charge in [0.1, 0.15) is 0 Å². The predicted octanol–water partition coefficient (Wildman–Crippen LogP) is 2.52. The maximum atomic E-state index is 6.21. The van der Waals surface area contributed by atoms with Gasteiger partial charge >= 0.3 is 0 Å². The van der Waals surface area contributed by atoms with Crippen molar-refractivity contribution in [2.45, 2.75) is 37.6 Å². The van der Waals surface area contributed by atoms with Crippen LogP contribution < -0.4 is 5.73 Å². The molecule has 1 atom stereocenters. The fraction of sp³-hybridized carbons (Fsp3) is 0.625. The molecule has 2 aliphatic carbocycles. The highest BCUT2D eigenvalue weighted by Gasteiger charge is 2.40. The molecule has 0 saturated heterocycles. The van der Waals surface area contributed by atoms with Crippen LogP contribution in [0.4, 0.5) is 0 Å². The highest BCUT2D eigenvalue weighted by molar-refractivity contribution is 5.36. The quantitative estimate of drug-likeness (QED) is 0.882. The third-order valence-electron chi connectivity index (χ3n) is 4.85. The average Bonchev–Trinajstić information content (AvgIpc) is 3.21. The van der Waals surface area contributed by atoms with Crippen LogP contribution in [0, 0.1) is 5.92 Å². The predicted molar refractivity (Wildman–Crippen MR) is 75.5 cm³/mol. The fourth-order valence-corrected chi connectivity index (χ4v) is 3.53. The second-order valence-corrected chi connectivity index (χ2v) is 6.07. The Morgan fingerprint density at radius 3 is 2.83 bits per heavy atom. The van der Waals surface area contributed by atoms with E-state index >= 15 is 0 Å². The zero-order valence-corrected chi connectivity index (χ0v) is 11.4. The van der Waals surface area contributed by atoms with Gasteiger partial charge in [0.15, 0.2) is 0 Å². The molecule has 2 N–H and O–H groups in total. The van der Waals surface area contributed by atoms with Crippen LogP contribution in [0.3, 0.4) is 0 Å². The molecular weight excluding hydrogens is 220 g/mol. The number of fused-ring (bicyclic) bond motifs is 1. The summed E-state index contributed by atoms with van der Waals surface area (Å²) in [6.45, 7) is 1.96. The van der Waals surface area contributed by atoms with Gasteiger partial charge in [-0.2, -0.15) is 0 Å². The van der Waals surface area contributed by atoms with Crippen molar-refractivity contribution in [1.82, 2.24) is 4.90 Å². The first-order valence-electron chi connectivity index (χ1n) is 7.26. The van der Waals surface area contributed by atoms with Crippen molar-refractivity contribution in [3.05, 3.63) is 35.4 Å². The third-order valence-corrected chi connectivity index (χ3v) is 4.85.